The minimum Gasteiger partial charge on any atom is -0.343 e. The molecule has 3 nitrogen and oxygen atoms in total. The van der Waals surface area contributed by atoms with Gasteiger partial charge in [-0.1, -0.05) is 13.8 Å². The molecule has 1 amide bonds. The Morgan fingerprint density at radius 1 is 1.40 bits per heavy atom. The van der Waals surface area contributed by atoms with Crippen molar-refractivity contribution >= 4 is 5.91 Å². The second-order valence-electron chi connectivity index (χ2n) is 4.94. The molecule has 0 bridgehead atoms. The van der Waals surface area contributed by atoms with Crippen LogP contribution in [0.4, 0.5) is 0 Å². The quantitative estimate of drug-likeness (QED) is 0.726. The lowest BCUT2D eigenvalue weighted by Crippen LogP contribution is -2.38. The second-order valence-corrected chi connectivity index (χ2v) is 4.94. The Kier molecular flexibility index (Phi) is 4.58. The predicted octanol–water partition coefficient (Wildman–Crippen LogP) is 1.63. The van der Waals surface area contributed by atoms with E-state index in [0.29, 0.717) is 18.5 Å². The standard InChI is InChI=1S/C12H24N2O/c1-9(2)13-8-7-12(15)14(4)10(3)11-5-6-11/h9-11,13H,5-8H2,1-4H3. The van der Waals surface area contributed by atoms with Crippen LogP contribution in [0.3, 0.4) is 0 Å². The van der Waals surface area contributed by atoms with Crippen molar-refractivity contribution in [2.24, 2.45) is 5.92 Å². The van der Waals surface area contributed by atoms with Gasteiger partial charge in [0.1, 0.15) is 0 Å². The molecule has 0 saturated heterocycles. The van der Waals surface area contributed by atoms with Gasteiger partial charge < -0.3 is 10.2 Å². The number of rotatable bonds is 6. The Morgan fingerprint density at radius 2 is 2.00 bits per heavy atom. The average molecular weight is 212 g/mol. The molecule has 15 heavy (non-hydrogen) atoms. The van der Waals surface area contributed by atoms with E-state index in [9.17, 15) is 4.79 Å². The summed E-state index contributed by atoms with van der Waals surface area (Å²) in [5.41, 5.74) is 0. The first kappa shape index (κ1) is 12.5. The van der Waals surface area contributed by atoms with E-state index in [1.54, 1.807) is 0 Å². The zero-order chi connectivity index (χ0) is 11.4. The van der Waals surface area contributed by atoms with E-state index < -0.39 is 0 Å². The SMILES string of the molecule is CC(C)NCCC(=O)N(C)C(C)C1CC1. The van der Waals surface area contributed by atoms with E-state index in [1.807, 2.05) is 11.9 Å². The second kappa shape index (κ2) is 5.50. The van der Waals surface area contributed by atoms with Crippen LogP contribution in [0, 0.1) is 5.92 Å². The van der Waals surface area contributed by atoms with Crippen LogP contribution >= 0.6 is 0 Å². The Bertz CT molecular complexity index is 212. The van der Waals surface area contributed by atoms with Crippen LogP contribution in [0.1, 0.15) is 40.0 Å². The third-order valence-electron chi connectivity index (χ3n) is 3.20. The number of carbonyl (C=O) groups is 1. The Labute approximate surface area is 93.2 Å². The third kappa shape index (κ3) is 4.20. The zero-order valence-electron chi connectivity index (χ0n) is 10.4. The molecule has 0 aromatic heterocycles. The van der Waals surface area contributed by atoms with Gasteiger partial charge in [0, 0.05) is 32.1 Å². The van der Waals surface area contributed by atoms with Crippen LogP contribution in [0.25, 0.3) is 0 Å². The smallest absolute Gasteiger partial charge is 0.223 e. The molecule has 3 heteroatoms. The summed E-state index contributed by atoms with van der Waals surface area (Å²) in [7, 11) is 1.93. The third-order valence-corrected chi connectivity index (χ3v) is 3.20. The summed E-state index contributed by atoms with van der Waals surface area (Å²) in [6.45, 7) is 7.14. The number of amides is 1. The molecule has 1 saturated carbocycles. The van der Waals surface area contributed by atoms with E-state index in [-0.39, 0.29) is 5.91 Å². The molecule has 1 aliphatic rings. The van der Waals surface area contributed by atoms with Crippen molar-refractivity contribution in [3.8, 4) is 0 Å². The van der Waals surface area contributed by atoms with Crippen LogP contribution < -0.4 is 5.32 Å². The number of nitrogens with zero attached hydrogens (tertiary/aromatic N) is 1. The van der Waals surface area contributed by atoms with Crippen molar-refractivity contribution in [1.82, 2.24) is 10.2 Å². The van der Waals surface area contributed by atoms with Crippen LogP contribution in [-0.4, -0.2) is 36.5 Å². The monoisotopic (exact) mass is 212 g/mol. The van der Waals surface area contributed by atoms with Crippen molar-refractivity contribution in [3.63, 3.8) is 0 Å². The van der Waals surface area contributed by atoms with Crippen LogP contribution in [0.15, 0.2) is 0 Å². The molecule has 0 spiro atoms. The maximum absolute atomic E-state index is 11.8. The van der Waals surface area contributed by atoms with Gasteiger partial charge in [0.2, 0.25) is 5.91 Å². The van der Waals surface area contributed by atoms with Gasteiger partial charge in [0.15, 0.2) is 0 Å². The van der Waals surface area contributed by atoms with Gasteiger partial charge in [0.05, 0.1) is 0 Å². The molecule has 88 valence electrons. The fraction of sp³-hybridized carbons (Fsp3) is 0.917. The van der Waals surface area contributed by atoms with E-state index in [0.717, 1.165) is 12.5 Å². The van der Waals surface area contributed by atoms with Crippen LogP contribution in [0.5, 0.6) is 0 Å². The molecule has 0 heterocycles. The minimum absolute atomic E-state index is 0.266. The van der Waals surface area contributed by atoms with Gasteiger partial charge in [0.25, 0.3) is 0 Å². The van der Waals surface area contributed by atoms with Crippen molar-refractivity contribution in [1.29, 1.82) is 0 Å². The van der Waals surface area contributed by atoms with Crippen molar-refractivity contribution in [2.75, 3.05) is 13.6 Å². The van der Waals surface area contributed by atoms with E-state index in [2.05, 4.69) is 26.1 Å². The largest absolute Gasteiger partial charge is 0.343 e. The molecule has 1 aliphatic carbocycles. The topological polar surface area (TPSA) is 32.3 Å². The molecule has 1 atom stereocenters. The lowest BCUT2D eigenvalue weighted by molar-refractivity contribution is -0.131. The van der Waals surface area contributed by atoms with Crippen molar-refractivity contribution in [3.05, 3.63) is 0 Å². The highest BCUT2D eigenvalue weighted by Gasteiger charge is 2.32. The van der Waals surface area contributed by atoms with Gasteiger partial charge in [-0.05, 0) is 25.7 Å². The summed E-state index contributed by atoms with van der Waals surface area (Å²) in [6.07, 6.45) is 3.21. The molecule has 0 radical (unpaired) electrons. The van der Waals surface area contributed by atoms with Crippen molar-refractivity contribution in [2.45, 2.75) is 52.1 Å². The maximum Gasteiger partial charge on any atom is 0.223 e. The minimum atomic E-state index is 0.266. The summed E-state index contributed by atoms with van der Waals surface area (Å²) >= 11 is 0. The summed E-state index contributed by atoms with van der Waals surface area (Å²) < 4.78 is 0. The normalized spacial score (nSPS) is 17.9. The molecular formula is C12H24N2O. The molecule has 0 aromatic rings. The van der Waals surface area contributed by atoms with Crippen LogP contribution in [0.2, 0.25) is 0 Å². The lowest BCUT2D eigenvalue weighted by atomic mass is 10.2. The van der Waals surface area contributed by atoms with Gasteiger partial charge in [-0.3, -0.25) is 4.79 Å². The highest BCUT2D eigenvalue weighted by Crippen LogP contribution is 2.34. The fourth-order valence-corrected chi connectivity index (χ4v) is 1.77. The summed E-state index contributed by atoms with van der Waals surface area (Å²) in [4.78, 5) is 13.7. The summed E-state index contributed by atoms with van der Waals surface area (Å²) in [5, 5.41) is 3.27. The molecule has 1 unspecified atom stereocenters. The fourth-order valence-electron chi connectivity index (χ4n) is 1.77. The first-order valence-electron chi connectivity index (χ1n) is 6.01. The molecule has 0 aromatic carbocycles. The van der Waals surface area contributed by atoms with E-state index >= 15 is 0 Å². The van der Waals surface area contributed by atoms with E-state index in [1.165, 1.54) is 12.8 Å². The molecule has 1 rings (SSSR count). The average Bonchev–Trinajstić information content (AvgIpc) is 2.98. The van der Waals surface area contributed by atoms with Crippen molar-refractivity contribution < 1.29 is 4.79 Å². The van der Waals surface area contributed by atoms with Gasteiger partial charge in [-0.25, -0.2) is 0 Å². The summed E-state index contributed by atoms with van der Waals surface area (Å²) in [5.74, 6) is 1.03. The molecule has 0 aliphatic heterocycles. The number of carbonyl (C=O) groups excluding carboxylic acids is 1. The van der Waals surface area contributed by atoms with E-state index in [4.69, 9.17) is 0 Å². The maximum atomic E-state index is 11.8. The Hall–Kier alpha value is -0.570. The highest BCUT2D eigenvalue weighted by molar-refractivity contribution is 5.76. The summed E-state index contributed by atoms with van der Waals surface area (Å²) in [6, 6.07) is 0.889. The Morgan fingerprint density at radius 3 is 2.47 bits per heavy atom. The van der Waals surface area contributed by atoms with Gasteiger partial charge in [-0.15, -0.1) is 0 Å². The van der Waals surface area contributed by atoms with Crippen LogP contribution in [-0.2, 0) is 4.79 Å². The molecule has 1 N–H and O–H groups in total. The number of nitrogens with one attached hydrogen (secondary N) is 1. The highest BCUT2D eigenvalue weighted by atomic mass is 16.2. The number of hydrogen-bond donors (Lipinski definition) is 1. The molecule has 1 fully saturated rings. The Balaban J connectivity index is 2.20. The predicted molar refractivity (Wildman–Crippen MR) is 62.7 cm³/mol. The van der Waals surface area contributed by atoms with Gasteiger partial charge >= 0.3 is 0 Å². The first-order chi connectivity index (χ1) is 7.02. The number of hydrogen-bond acceptors (Lipinski definition) is 2. The van der Waals surface area contributed by atoms with Gasteiger partial charge in [-0.2, -0.15) is 0 Å². The lowest BCUT2D eigenvalue weighted by Gasteiger charge is -2.25. The first-order valence-corrected chi connectivity index (χ1v) is 6.01. The molecular weight excluding hydrogens is 188 g/mol. The zero-order valence-corrected chi connectivity index (χ0v) is 10.4.